The molecule has 1 atom stereocenters. The molecule has 0 saturated carbocycles. The van der Waals surface area contributed by atoms with Gasteiger partial charge in [0.15, 0.2) is 0 Å². The number of aromatic amines is 1. The molecule has 2 aliphatic rings. The van der Waals surface area contributed by atoms with E-state index < -0.39 is 0 Å². The summed E-state index contributed by atoms with van der Waals surface area (Å²) in [6.45, 7) is 1.35. The van der Waals surface area contributed by atoms with Crippen molar-refractivity contribution in [3.05, 3.63) is 46.7 Å². The van der Waals surface area contributed by atoms with Crippen LogP contribution in [0.5, 0.6) is 5.75 Å². The maximum atomic E-state index is 12.5. The van der Waals surface area contributed by atoms with Gasteiger partial charge in [-0.25, -0.2) is 0 Å². The number of nitrogens with one attached hydrogen (secondary N) is 2. The molecule has 0 bridgehead atoms. The quantitative estimate of drug-likeness (QED) is 0.875. The predicted octanol–water partition coefficient (Wildman–Crippen LogP) is 2.87. The third kappa shape index (κ3) is 2.76. The molecular weight excluding hydrogens is 330 g/mol. The Kier molecular flexibility index (Phi) is 3.94. The van der Waals surface area contributed by atoms with E-state index in [1.54, 1.807) is 0 Å². The number of halogens is 1. The number of hydrogen-bond donors (Lipinski definition) is 2. The average Bonchev–Trinajstić information content (AvgIpc) is 3.01. The van der Waals surface area contributed by atoms with E-state index in [9.17, 15) is 4.79 Å². The summed E-state index contributed by atoms with van der Waals surface area (Å²) in [6, 6.07) is 7.70. The normalized spacial score (nSPS) is 21.8. The van der Waals surface area contributed by atoms with Crippen LogP contribution in [0.3, 0.4) is 0 Å². The molecule has 2 aliphatic heterocycles. The van der Waals surface area contributed by atoms with Crippen molar-refractivity contribution in [2.75, 3.05) is 13.2 Å². The second-order valence-corrected chi connectivity index (χ2v) is 6.67. The minimum Gasteiger partial charge on any atom is -0.487 e. The van der Waals surface area contributed by atoms with Crippen molar-refractivity contribution < 1.29 is 14.3 Å². The summed E-state index contributed by atoms with van der Waals surface area (Å²) >= 11 is 6.00. The first-order chi connectivity index (χ1) is 11.7. The number of aromatic nitrogens is 2. The number of rotatable bonds is 2. The van der Waals surface area contributed by atoms with E-state index in [1.807, 2.05) is 24.3 Å². The number of fused-ring (bicyclic) bond motifs is 1. The van der Waals surface area contributed by atoms with Crippen molar-refractivity contribution in [2.24, 2.45) is 0 Å². The summed E-state index contributed by atoms with van der Waals surface area (Å²) in [6.07, 6.45) is 3.77. The number of benzene rings is 1. The number of H-pyrrole nitrogens is 1. The fraction of sp³-hybridized carbons (Fsp3) is 0.412. The van der Waals surface area contributed by atoms with Crippen LogP contribution >= 0.6 is 11.6 Å². The van der Waals surface area contributed by atoms with E-state index in [2.05, 4.69) is 15.5 Å². The predicted molar refractivity (Wildman–Crippen MR) is 88.3 cm³/mol. The minimum absolute atomic E-state index is 0.139. The molecule has 126 valence electrons. The highest BCUT2D eigenvalue weighted by molar-refractivity contribution is 6.33. The second kappa shape index (κ2) is 6.11. The van der Waals surface area contributed by atoms with Crippen LogP contribution in [0.15, 0.2) is 30.5 Å². The highest BCUT2D eigenvalue weighted by Crippen LogP contribution is 2.43. The van der Waals surface area contributed by atoms with E-state index in [0.717, 1.165) is 24.2 Å². The summed E-state index contributed by atoms with van der Waals surface area (Å²) in [7, 11) is 0. The SMILES string of the molecule is O=C(N[C@H]1CC2(CCOCC2)Oc2ccccc21)c1[nH]ncc1Cl. The number of amides is 1. The fourth-order valence-electron chi connectivity index (χ4n) is 3.46. The number of ether oxygens (including phenoxy) is 2. The Balaban J connectivity index is 1.63. The van der Waals surface area contributed by atoms with Gasteiger partial charge in [0.1, 0.15) is 17.0 Å². The van der Waals surface area contributed by atoms with Crippen LogP contribution in [-0.4, -0.2) is 34.9 Å². The topological polar surface area (TPSA) is 76.2 Å². The van der Waals surface area contributed by atoms with Crippen molar-refractivity contribution in [3.63, 3.8) is 0 Å². The van der Waals surface area contributed by atoms with E-state index in [4.69, 9.17) is 21.1 Å². The maximum Gasteiger partial charge on any atom is 0.271 e. The van der Waals surface area contributed by atoms with Crippen molar-refractivity contribution in [3.8, 4) is 5.75 Å². The molecule has 2 N–H and O–H groups in total. The van der Waals surface area contributed by atoms with Gasteiger partial charge in [-0.15, -0.1) is 0 Å². The van der Waals surface area contributed by atoms with Crippen LogP contribution in [0, 0.1) is 0 Å². The smallest absolute Gasteiger partial charge is 0.271 e. The molecule has 1 amide bonds. The van der Waals surface area contributed by atoms with Gasteiger partial charge in [-0.3, -0.25) is 9.89 Å². The van der Waals surface area contributed by atoms with E-state index >= 15 is 0 Å². The Labute approximate surface area is 144 Å². The molecule has 7 heteroatoms. The summed E-state index contributed by atoms with van der Waals surface area (Å²) in [4.78, 5) is 12.5. The molecular formula is C17H18ClN3O3. The molecule has 3 heterocycles. The molecule has 2 aromatic rings. The van der Waals surface area contributed by atoms with Crippen LogP contribution in [0.25, 0.3) is 0 Å². The average molecular weight is 348 g/mol. The Morgan fingerprint density at radius 1 is 1.33 bits per heavy atom. The van der Waals surface area contributed by atoms with E-state index in [1.165, 1.54) is 6.20 Å². The molecule has 1 fully saturated rings. The van der Waals surface area contributed by atoms with E-state index in [-0.39, 0.29) is 23.2 Å². The molecule has 1 saturated heterocycles. The molecule has 1 aromatic carbocycles. The Morgan fingerprint density at radius 3 is 2.88 bits per heavy atom. The van der Waals surface area contributed by atoms with Gasteiger partial charge in [-0.05, 0) is 6.07 Å². The molecule has 4 rings (SSSR count). The van der Waals surface area contributed by atoms with Gasteiger partial charge in [0.2, 0.25) is 0 Å². The van der Waals surface area contributed by atoms with Crippen molar-refractivity contribution in [2.45, 2.75) is 30.9 Å². The van der Waals surface area contributed by atoms with Gasteiger partial charge in [-0.1, -0.05) is 29.8 Å². The number of nitrogens with zero attached hydrogens (tertiary/aromatic N) is 1. The van der Waals surface area contributed by atoms with Crippen molar-refractivity contribution >= 4 is 17.5 Å². The van der Waals surface area contributed by atoms with Gasteiger partial charge in [0, 0.05) is 24.8 Å². The number of carbonyl (C=O) groups is 1. The highest BCUT2D eigenvalue weighted by atomic mass is 35.5. The van der Waals surface area contributed by atoms with Gasteiger partial charge >= 0.3 is 0 Å². The number of para-hydroxylation sites is 1. The lowest BCUT2D eigenvalue weighted by molar-refractivity contribution is -0.0639. The lowest BCUT2D eigenvalue weighted by Crippen LogP contribution is -2.48. The van der Waals surface area contributed by atoms with Crippen LogP contribution in [0.2, 0.25) is 5.02 Å². The van der Waals surface area contributed by atoms with Crippen LogP contribution in [-0.2, 0) is 4.74 Å². The summed E-state index contributed by atoms with van der Waals surface area (Å²) in [5.74, 6) is 0.563. The third-order valence-electron chi connectivity index (χ3n) is 4.73. The van der Waals surface area contributed by atoms with Crippen molar-refractivity contribution in [1.82, 2.24) is 15.5 Å². The third-order valence-corrected chi connectivity index (χ3v) is 5.01. The van der Waals surface area contributed by atoms with E-state index in [0.29, 0.717) is 24.7 Å². The molecule has 24 heavy (non-hydrogen) atoms. The zero-order valence-corrected chi connectivity index (χ0v) is 13.8. The van der Waals surface area contributed by atoms with Crippen LogP contribution in [0.1, 0.15) is 41.4 Å². The summed E-state index contributed by atoms with van der Waals surface area (Å²) in [5, 5.41) is 9.84. The van der Waals surface area contributed by atoms with Crippen LogP contribution in [0.4, 0.5) is 0 Å². The molecule has 0 aliphatic carbocycles. The number of hydrogen-bond acceptors (Lipinski definition) is 4. The lowest BCUT2D eigenvalue weighted by Gasteiger charge is -2.44. The molecule has 6 nitrogen and oxygen atoms in total. The first-order valence-corrected chi connectivity index (χ1v) is 8.40. The summed E-state index contributed by atoms with van der Waals surface area (Å²) < 4.78 is 11.8. The Hall–Kier alpha value is -2.05. The Morgan fingerprint density at radius 2 is 2.12 bits per heavy atom. The second-order valence-electron chi connectivity index (χ2n) is 6.26. The molecule has 1 spiro atoms. The molecule has 0 unspecified atom stereocenters. The zero-order chi connectivity index (χ0) is 16.6. The highest BCUT2D eigenvalue weighted by Gasteiger charge is 2.42. The maximum absolute atomic E-state index is 12.5. The number of carbonyl (C=O) groups excluding carboxylic acids is 1. The van der Waals surface area contributed by atoms with Gasteiger partial charge in [-0.2, -0.15) is 5.10 Å². The first-order valence-electron chi connectivity index (χ1n) is 8.02. The summed E-state index contributed by atoms with van der Waals surface area (Å²) in [5.41, 5.74) is 0.975. The fourth-order valence-corrected chi connectivity index (χ4v) is 3.63. The molecule has 1 aromatic heterocycles. The van der Waals surface area contributed by atoms with Crippen molar-refractivity contribution in [1.29, 1.82) is 0 Å². The van der Waals surface area contributed by atoms with Gasteiger partial charge in [0.05, 0.1) is 30.5 Å². The standard InChI is InChI=1S/C17H18ClN3O3/c18-12-10-19-21-15(12)16(22)20-13-9-17(5-7-23-8-6-17)24-14-4-2-1-3-11(13)14/h1-4,10,13H,5-9H2,(H,19,21)(H,20,22)/t13-/m0/s1. The van der Waals surface area contributed by atoms with Gasteiger partial charge in [0.25, 0.3) is 5.91 Å². The zero-order valence-electron chi connectivity index (χ0n) is 13.0. The van der Waals surface area contributed by atoms with Gasteiger partial charge < -0.3 is 14.8 Å². The lowest BCUT2D eigenvalue weighted by atomic mass is 9.82. The minimum atomic E-state index is -0.289. The first kappa shape index (κ1) is 15.5. The largest absolute Gasteiger partial charge is 0.487 e. The van der Waals surface area contributed by atoms with Crippen LogP contribution < -0.4 is 10.1 Å². The molecule has 0 radical (unpaired) electrons. The monoisotopic (exact) mass is 347 g/mol. The Bertz CT molecular complexity index is 755.